The summed E-state index contributed by atoms with van der Waals surface area (Å²) >= 11 is 0. The zero-order valence-corrected chi connectivity index (χ0v) is 17.8. The fourth-order valence-electron chi connectivity index (χ4n) is 5.62. The first-order valence-corrected chi connectivity index (χ1v) is 10.9. The second-order valence-corrected chi connectivity index (χ2v) is 9.32. The van der Waals surface area contributed by atoms with Crippen molar-refractivity contribution in [3.63, 3.8) is 0 Å². The number of carboxylic acids is 1. The van der Waals surface area contributed by atoms with Gasteiger partial charge in [-0.15, -0.1) is 0 Å². The molecule has 31 heavy (non-hydrogen) atoms. The maximum absolute atomic E-state index is 13.1. The molecule has 2 fully saturated rings. The van der Waals surface area contributed by atoms with E-state index in [1.54, 1.807) is 12.1 Å². The Balaban J connectivity index is 1.75. The molecule has 0 aromatic heterocycles. The van der Waals surface area contributed by atoms with Crippen molar-refractivity contribution < 1.29 is 23.1 Å². The number of piperidine rings is 1. The van der Waals surface area contributed by atoms with Crippen LogP contribution in [-0.2, 0) is 16.5 Å². The predicted octanol–water partition coefficient (Wildman–Crippen LogP) is 6.58. The van der Waals surface area contributed by atoms with E-state index in [0.717, 1.165) is 42.6 Å². The Morgan fingerprint density at radius 2 is 1.77 bits per heavy atom. The second kappa shape index (κ2) is 7.88. The Labute approximate surface area is 180 Å². The van der Waals surface area contributed by atoms with Crippen molar-refractivity contribution in [2.24, 2.45) is 5.92 Å². The highest BCUT2D eigenvalue weighted by Gasteiger charge is 2.53. The Morgan fingerprint density at radius 1 is 1.13 bits per heavy atom. The highest BCUT2D eigenvalue weighted by atomic mass is 19.4. The first kappa shape index (κ1) is 21.7. The van der Waals surface area contributed by atoms with Crippen molar-refractivity contribution in [1.29, 1.82) is 0 Å². The van der Waals surface area contributed by atoms with Gasteiger partial charge in [-0.25, -0.2) is 0 Å². The van der Waals surface area contributed by atoms with Crippen molar-refractivity contribution in [2.45, 2.75) is 69.6 Å². The lowest BCUT2D eigenvalue weighted by atomic mass is 9.75. The van der Waals surface area contributed by atoms with E-state index in [1.165, 1.54) is 5.56 Å². The molecule has 6 heteroatoms. The molecule has 2 bridgehead atoms. The van der Waals surface area contributed by atoms with E-state index in [2.05, 4.69) is 43.0 Å². The zero-order chi connectivity index (χ0) is 22.4. The summed E-state index contributed by atoms with van der Waals surface area (Å²) in [6.45, 7) is 4.28. The SMILES string of the molecule is CC(C)c1ccc(N2[C@@H]3CC[C@@]2(c2ccc(C(F)(F)F)cc2)CC(CC(=O)O)C3)cc1. The summed E-state index contributed by atoms with van der Waals surface area (Å²) in [5.74, 6) is -0.392. The molecule has 2 aliphatic rings. The highest BCUT2D eigenvalue weighted by molar-refractivity contribution is 5.67. The molecule has 3 atom stereocenters. The van der Waals surface area contributed by atoms with Crippen LogP contribution in [-0.4, -0.2) is 17.1 Å². The molecule has 0 saturated carbocycles. The molecule has 2 heterocycles. The van der Waals surface area contributed by atoms with Crippen LogP contribution >= 0.6 is 0 Å². The number of rotatable bonds is 5. The molecular weight excluding hydrogens is 403 g/mol. The molecule has 4 rings (SSSR count). The van der Waals surface area contributed by atoms with Gasteiger partial charge in [-0.3, -0.25) is 4.79 Å². The van der Waals surface area contributed by atoms with Gasteiger partial charge in [0, 0.05) is 18.2 Å². The lowest BCUT2D eigenvalue weighted by Crippen LogP contribution is -2.51. The normalized spacial score (nSPS) is 25.8. The summed E-state index contributed by atoms with van der Waals surface area (Å²) in [6, 6.07) is 14.1. The summed E-state index contributed by atoms with van der Waals surface area (Å²) in [4.78, 5) is 13.8. The van der Waals surface area contributed by atoms with Gasteiger partial charge in [-0.1, -0.05) is 38.1 Å². The van der Waals surface area contributed by atoms with Gasteiger partial charge in [0.2, 0.25) is 0 Å². The molecular formula is C25H28F3NO2. The zero-order valence-electron chi connectivity index (χ0n) is 17.8. The molecule has 0 aliphatic carbocycles. The molecule has 0 spiro atoms. The van der Waals surface area contributed by atoms with Gasteiger partial charge in [0.05, 0.1) is 11.1 Å². The van der Waals surface area contributed by atoms with Crippen molar-refractivity contribution in [3.8, 4) is 0 Å². The third kappa shape index (κ3) is 4.04. The number of alkyl halides is 3. The first-order valence-electron chi connectivity index (χ1n) is 10.9. The van der Waals surface area contributed by atoms with Gasteiger partial charge < -0.3 is 10.0 Å². The third-order valence-corrected chi connectivity index (χ3v) is 7.00. The maximum atomic E-state index is 13.1. The monoisotopic (exact) mass is 431 g/mol. The number of hydrogen-bond acceptors (Lipinski definition) is 2. The van der Waals surface area contributed by atoms with Gasteiger partial charge >= 0.3 is 12.1 Å². The molecule has 2 aliphatic heterocycles. The van der Waals surface area contributed by atoms with Crippen LogP contribution in [0.4, 0.5) is 18.9 Å². The van der Waals surface area contributed by atoms with E-state index >= 15 is 0 Å². The van der Waals surface area contributed by atoms with Crippen molar-refractivity contribution in [2.75, 3.05) is 4.90 Å². The number of aliphatic carboxylic acids is 1. The lowest BCUT2D eigenvalue weighted by Gasteiger charge is -2.49. The largest absolute Gasteiger partial charge is 0.481 e. The molecule has 2 aromatic rings. The maximum Gasteiger partial charge on any atom is 0.416 e. The van der Waals surface area contributed by atoms with E-state index in [9.17, 15) is 23.1 Å². The summed E-state index contributed by atoms with van der Waals surface area (Å²) < 4.78 is 39.4. The average molecular weight is 431 g/mol. The van der Waals surface area contributed by atoms with Gasteiger partial charge in [-0.05, 0) is 72.9 Å². The van der Waals surface area contributed by atoms with E-state index in [1.807, 2.05) is 0 Å². The van der Waals surface area contributed by atoms with Crippen molar-refractivity contribution in [3.05, 3.63) is 65.2 Å². The smallest absolute Gasteiger partial charge is 0.416 e. The van der Waals surface area contributed by atoms with Crippen LogP contribution in [0.2, 0.25) is 0 Å². The molecule has 1 unspecified atom stereocenters. The number of anilines is 1. The fourth-order valence-corrected chi connectivity index (χ4v) is 5.62. The third-order valence-electron chi connectivity index (χ3n) is 7.00. The molecule has 0 radical (unpaired) electrons. The highest BCUT2D eigenvalue weighted by Crippen LogP contribution is 2.55. The van der Waals surface area contributed by atoms with Gasteiger partial charge in [-0.2, -0.15) is 13.2 Å². The number of hydrogen-bond donors (Lipinski definition) is 1. The summed E-state index contributed by atoms with van der Waals surface area (Å²) in [7, 11) is 0. The minimum Gasteiger partial charge on any atom is -0.481 e. The Morgan fingerprint density at radius 3 is 2.32 bits per heavy atom. The molecule has 3 nitrogen and oxygen atoms in total. The van der Waals surface area contributed by atoms with Crippen LogP contribution in [0.15, 0.2) is 48.5 Å². The molecule has 2 aromatic carbocycles. The number of nitrogens with zero attached hydrogens (tertiary/aromatic N) is 1. The standard InChI is InChI=1S/C25H28F3NO2/c1-16(2)18-3-9-21(10-4-18)29-22-11-12-24(29,15-17(13-22)14-23(30)31)19-5-7-20(8-6-19)25(26,27)28/h3-10,16-17,22H,11-15H2,1-2H3,(H,30,31)/t17?,22-,24+/m1/s1. The van der Waals surface area contributed by atoms with Crippen LogP contribution in [0, 0.1) is 5.92 Å². The van der Waals surface area contributed by atoms with Gasteiger partial charge in [0.25, 0.3) is 0 Å². The minimum absolute atomic E-state index is 0.0125. The van der Waals surface area contributed by atoms with Crippen molar-refractivity contribution in [1.82, 2.24) is 0 Å². The van der Waals surface area contributed by atoms with E-state index in [-0.39, 0.29) is 18.4 Å². The summed E-state index contributed by atoms with van der Waals surface area (Å²) in [5, 5.41) is 9.37. The number of carbonyl (C=O) groups is 1. The topological polar surface area (TPSA) is 40.5 Å². The van der Waals surface area contributed by atoms with E-state index in [0.29, 0.717) is 12.3 Å². The Kier molecular flexibility index (Phi) is 5.52. The van der Waals surface area contributed by atoms with Gasteiger partial charge in [0.15, 0.2) is 0 Å². The van der Waals surface area contributed by atoms with Crippen LogP contribution in [0.25, 0.3) is 0 Å². The minimum atomic E-state index is -4.38. The van der Waals surface area contributed by atoms with Crippen LogP contribution in [0.3, 0.4) is 0 Å². The van der Waals surface area contributed by atoms with Crippen molar-refractivity contribution >= 4 is 11.7 Å². The Hall–Kier alpha value is -2.50. The Bertz CT molecular complexity index is 937. The number of halogens is 3. The average Bonchev–Trinajstić information content (AvgIpc) is 2.95. The number of benzene rings is 2. The summed E-state index contributed by atoms with van der Waals surface area (Å²) in [6.07, 6.45) is -1.14. The molecule has 2 saturated heterocycles. The summed E-state index contributed by atoms with van der Waals surface area (Å²) in [5.41, 5.74) is 1.99. The molecule has 1 N–H and O–H groups in total. The first-order chi connectivity index (χ1) is 14.6. The predicted molar refractivity (Wildman–Crippen MR) is 114 cm³/mol. The van der Waals surface area contributed by atoms with E-state index in [4.69, 9.17) is 0 Å². The van der Waals surface area contributed by atoms with Crippen LogP contribution in [0.1, 0.15) is 68.6 Å². The van der Waals surface area contributed by atoms with Gasteiger partial charge in [0.1, 0.15) is 0 Å². The number of carboxylic acid groups (broad SMARTS) is 1. The number of fused-ring (bicyclic) bond motifs is 2. The van der Waals surface area contributed by atoms with E-state index < -0.39 is 23.2 Å². The second-order valence-electron chi connectivity index (χ2n) is 9.32. The van der Waals surface area contributed by atoms with Crippen LogP contribution < -0.4 is 4.90 Å². The fraction of sp³-hybridized carbons (Fsp3) is 0.480. The molecule has 0 amide bonds. The van der Waals surface area contributed by atoms with Crippen LogP contribution in [0.5, 0.6) is 0 Å². The lowest BCUT2D eigenvalue weighted by molar-refractivity contribution is -0.139. The molecule has 166 valence electrons. The quantitative estimate of drug-likeness (QED) is 0.581.